The molecule has 1 saturated heterocycles. The van der Waals surface area contributed by atoms with Gasteiger partial charge >= 0.3 is 11.0 Å². The van der Waals surface area contributed by atoms with E-state index in [0.29, 0.717) is 10.4 Å². The standard InChI is InChI=1S/C28H18F4N4O4S2/c29-15-7-9-16(10-8-15)36-24(38)21-20(14-4-3-11-33-12-14)23-26(41-22(21)25(36)39)35(27(40)42-23)13-19(37)34-18-6-2-1-5-17(18)28(30,31)32/h1-12,20-22H,13H2,(H,34,37). The molecule has 214 valence electrons. The Morgan fingerprint density at radius 2 is 1.71 bits per heavy atom. The lowest BCUT2D eigenvalue weighted by Gasteiger charge is -2.30. The predicted octanol–water partition coefficient (Wildman–Crippen LogP) is 4.90. The second-order valence-electron chi connectivity index (χ2n) is 9.53. The lowest BCUT2D eigenvalue weighted by atomic mass is 9.84. The van der Waals surface area contributed by atoms with Crippen molar-refractivity contribution in [3.05, 3.63) is 105 Å². The van der Waals surface area contributed by atoms with Crippen molar-refractivity contribution in [1.29, 1.82) is 0 Å². The second kappa shape index (κ2) is 10.5. The summed E-state index contributed by atoms with van der Waals surface area (Å²) in [6.07, 6.45) is -1.66. The van der Waals surface area contributed by atoms with E-state index in [1.807, 2.05) is 0 Å². The maximum atomic E-state index is 13.8. The van der Waals surface area contributed by atoms with Crippen molar-refractivity contribution in [3.63, 3.8) is 0 Å². The maximum absolute atomic E-state index is 13.8. The molecule has 4 aromatic rings. The number of alkyl halides is 3. The van der Waals surface area contributed by atoms with E-state index < -0.39 is 69.5 Å². The van der Waals surface area contributed by atoms with Gasteiger partial charge in [0.2, 0.25) is 17.7 Å². The lowest BCUT2D eigenvalue weighted by Crippen LogP contribution is -2.33. The van der Waals surface area contributed by atoms with Gasteiger partial charge in [-0.1, -0.05) is 41.3 Å². The molecule has 3 atom stereocenters. The summed E-state index contributed by atoms with van der Waals surface area (Å²) < 4.78 is 55.0. The number of aromatic nitrogens is 2. The molecule has 2 aliphatic rings. The zero-order valence-corrected chi connectivity index (χ0v) is 22.8. The Morgan fingerprint density at radius 3 is 2.40 bits per heavy atom. The second-order valence-corrected chi connectivity index (χ2v) is 11.7. The number of benzene rings is 2. The minimum Gasteiger partial charge on any atom is -0.324 e. The number of fused-ring (bicyclic) bond motifs is 2. The Morgan fingerprint density at radius 1 is 0.976 bits per heavy atom. The monoisotopic (exact) mass is 614 g/mol. The highest BCUT2D eigenvalue weighted by Crippen LogP contribution is 2.53. The van der Waals surface area contributed by atoms with Crippen LogP contribution < -0.4 is 15.1 Å². The molecule has 1 N–H and O–H groups in total. The van der Waals surface area contributed by atoms with Gasteiger partial charge in [0.25, 0.3) is 0 Å². The SMILES string of the molecule is O=C(Cn1c2c(sc1=O)C(c1cccnc1)C1C(=O)N(c3ccc(F)cc3)C(=O)C1S2)Nc1ccccc1C(F)(F)F. The number of hydrogen-bond donors (Lipinski definition) is 1. The highest BCUT2D eigenvalue weighted by atomic mass is 32.2. The molecule has 0 saturated carbocycles. The Hall–Kier alpha value is -4.30. The van der Waals surface area contributed by atoms with E-state index in [1.54, 1.807) is 12.1 Å². The van der Waals surface area contributed by atoms with Crippen LogP contribution in [0.5, 0.6) is 0 Å². The molecule has 0 spiro atoms. The van der Waals surface area contributed by atoms with Crippen molar-refractivity contribution >= 4 is 52.2 Å². The van der Waals surface area contributed by atoms with Gasteiger partial charge in [0.1, 0.15) is 17.6 Å². The van der Waals surface area contributed by atoms with Crippen molar-refractivity contribution in [2.45, 2.75) is 28.9 Å². The Balaban J connectivity index is 1.38. The molecule has 3 amide bonds. The van der Waals surface area contributed by atoms with Gasteiger partial charge in [0, 0.05) is 23.2 Å². The summed E-state index contributed by atoms with van der Waals surface area (Å²) in [6.45, 7) is -0.620. The van der Waals surface area contributed by atoms with Crippen molar-refractivity contribution in [3.8, 4) is 0 Å². The first-order valence-corrected chi connectivity index (χ1v) is 14.1. The van der Waals surface area contributed by atoms with E-state index >= 15 is 0 Å². The number of hydrogen-bond acceptors (Lipinski definition) is 7. The topological polar surface area (TPSA) is 101 Å². The number of anilines is 2. The fraction of sp³-hybridized carbons (Fsp3) is 0.179. The normalized spacial score (nSPS) is 19.9. The van der Waals surface area contributed by atoms with Crippen LogP contribution in [0.1, 0.15) is 21.9 Å². The number of halogens is 4. The fourth-order valence-corrected chi connectivity index (χ4v) is 7.96. The molecule has 0 bridgehead atoms. The average Bonchev–Trinajstić information content (AvgIpc) is 3.40. The largest absolute Gasteiger partial charge is 0.418 e. The van der Waals surface area contributed by atoms with Crippen molar-refractivity contribution < 1.29 is 31.9 Å². The number of thioether (sulfide) groups is 1. The van der Waals surface area contributed by atoms with E-state index in [4.69, 9.17) is 0 Å². The third kappa shape index (κ3) is 4.79. The van der Waals surface area contributed by atoms with E-state index in [0.717, 1.165) is 56.8 Å². The van der Waals surface area contributed by atoms with Crippen molar-refractivity contribution in [2.24, 2.45) is 5.92 Å². The molecule has 3 unspecified atom stereocenters. The summed E-state index contributed by atoms with van der Waals surface area (Å²) in [5.74, 6) is -4.22. The number of pyridine rings is 1. The number of para-hydroxylation sites is 1. The first-order chi connectivity index (χ1) is 20.0. The smallest absolute Gasteiger partial charge is 0.324 e. The van der Waals surface area contributed by atoms with Crippen LogP contribution in [0.2, 0.25) is 0 Å². The summed E-state index contributed by atoms with van der Waals surface area (Å²) in [7, 11) is 0. The van der Waals surface area contributed by atoms with E-state index in [2.05, 4.69) is 10.3 Å². The van der Waals surface area contributed by atoms with Gasteiger partial charge in [-0.15, -0.1) is 0 Å². The molecule has 8 nitrogen and oxygen atoms in total. The third-order valence-corrected chi connectivity index (χ3v) is 9.59. The third-order valence-electron chi connectivity index (χ3n) is 6.99. The van der Waals surface area contributed by atoms with Crippen LogP contribution in [0.4, 0.5) is 28.9 Å². The molecule has 14 heteroatoms. The predicted molar refractivity (Wildman–Crippen MR) is 147 cm³/mol. The van der Waals surface area contributed by atoms with Crippen LogP contribution in [0.25, 0.3) is 0 Å². The van der Waals surface area contributed by atoms with Crippen LogP contribution in [0.3, 0.4) is 0 Å². The number of rotatable bonds is 5. The molecule has 2 aromatic heterocycles. The molecular formula is C28H18F4N4O4S2. The van der Waals surface area contributed by atoms with E-state index in [1.165, 1.54) is 36.7 Å². The maximum Gasteiger partial charge on any atom is 0.418 e. The van der Waals surface area contributed by atoms with Gasteiger partial charge in [-0.05, 0) is 48.0 Å². The quantitative estimate of drug-likeness (QED) is 0.254. The first kappa shape index (κ1) is 27.8. The molecule has 0 aliphatic carbocycles. The number of thiazole rings is 1. The summed E-state index contributed by atoms with van der Waals surface area (Å²) in [4.78, 5) is 58.5. The van der Waals surface area contributed by atoms with Crippen LogP contribution in [0.15, 0.2) is 82.9 Å². The highest BCUT2D eigenvalue weighted by Gasteiger charge is 2.57. The van der Waals surface area contributed by atoms with Gasteiger partial charge in [0.05, 0.1) is 27.9 Å². The van der Waals surface area contributed by atoms with Gasteiger partial charge in [-0.3, -0.25) is 28.7 Å². The summed E-state index contributed by atoms with van der Waals surface area (Å²) in [6, 6.07) is 12.7. The lowest BCUT2D eigenvalue weighted by molar-refractivity contribution is -0.137. The molecule has 1 fully saturated rings. The minimum atomic E-state index is -4.71. The van der Waals surface area contributed by atoms with Gasteiger partial charge in [-0.2, -0.15) is 13.2 Å². The van der Waals surface area contributed by atoms with Crippen LogP contribution in [-0.4, -0.2) is 32.5 Å². The fourth-order valence-electron chi connectivity index (χ4n) is 5.19. The molecular weight excluding hydrogens is 596 g/mol. The van der Waals surface area contributed by atoms with Gasteiger partial charge in [-0.25, -0.2) is 9.29 Å². The van der Waals surface area contributed by atoms with E-state index in [-0.39, 0.29) is 10.7 Å². The molecule has 42 heavy (non-hydrogen) atoms. The number of nitrogens with one attached hydrogen (secondary N) is 1. The Kier molecular flexibility index (Phi) is 6.97. The zero-order valence-electron chi connectivity index (χ0n) is 21.2. The van der Waals surface area contributed by atoms with Crippen LogP contribution in [0, 0.1) is 11.7 Å². The summed E-state index contributed by atoms with van der Waals surface area (Å²) in [5, 5.41) is 1.51. The average molecular weight is 615 g/mol. The number of nitrogens with zero attached hydrogens (tertiary/aromatic N) is 3. The number of carbonyl (C=O) groups is 3. The van der Waals surface area contributed by atoms with Gasteiger partial charge < -0.3 is 5.32 Å². The van der Waals surface area contributed by atoms with Crippen molar-refractivity contribution in [2.75, 3.05) is 10.2 Å². The Bertz CT molecular complexity index is 1770. The highest BCUT2D eigenvalue weighted by molar-refractivity contribution is 8.00. The number of amides is 3. The molecule has 4 heterocycles. The number of imide groups is 1. The zero-order chi connectivity index (χ0) is 29.8. The number of carbonyl (C=O) groups excluding carboxylic acids is 3. The van der Waals surface area contributed by atoms with Crippen molar-refractivity contribution in [1.82, 2.24) is 9.55 Å². The molecule has 6 rings (SSSR count). The molecule has 0 radical (unpaired) electrons. The van der Waals surface area contributed by atoms with Gasteiger partial charge in [0.15, 0.2) is 0 Å². The molecule has 2 aliphatic heterocycles. The summed E-state index contributed by atoms with van der Waals surface area (Å²) >= 11 is 1.74. The van der Waals surface area contributed by atoms with E-state index in [9.17, 15) is 36.7 Å². The minimum absolute atomic E-state index is 0.190. The van der Waals surface area contributed by atoms with Crippen LogP contribution in [-0.2, 0) is 27.1 Å². The summed E-state index contributed by atoms with van der Waals surface area (Å²) in [5.41, 5.74) is -0.745. The van der Waals surface area contributed by atoms with Crippen LogP contribution >= 0.6 is 23.1 Å². The Labute approximate surface area is 243 Å². The first-order valence-electron chi connectivity index (χ1n) is 12.4. The molecule has 2 aromatic carbocycles.